The Morgan fingerprint density at radius 3 is 2.53 bits per heavy atom. The van der Waals surface area contributed by atoms with Crippen LogP contribution in [0.1, 0.15) is 55.3 Å². The fraction of sp³-hybridized carbons (Fsp3) is 0.500. The van der Waals surface area contributed by atoms with Crippen LogP contribution in [0.5, 0.6) is 0 Å². The van der Waals surface area contributed by atoms with Crippen LogP contribution in [0, 0.1) is 13.0 Å². The molecule has 32 heavy (non-hydrogen) atoms. The molecule has 1 aliphatic carbocycles. The smallest absolute Gasteiger partial charge is 0.312 e. The first-order valence-corrected chi connectivity index (χ1v) is 12.4. The SMILES string of the molecule is Cc1cc2c(cc1Cc1nc3c(N)nc(F)nc3n1CCS(=O)(=O)NC(C)(C)C)CCC2. The maximum atomic E-state index is 14.0. The van der Waals surface area contributed by atoms with Crippen LogP contribution in [-0.4, -0.2) is 39.2 Å². The molecular formula is C22H29FN6O2S. The summed E-state index contributed by atoms with van der Waals surface area (Å²) in [6, 6.07) is 4.42. The number of hydrogen-bond acceptors (Lipinski definition) is 6. The molecule has 8 nitrogen and oxygen atoms in total. The number of aryl methyl sites for hydroxylation is 4. The van der Waals surface area contributed by atoms with Gasteiger partial charge in [-0.05, 0) is 69.2 Å². The number of hydrogen-bond donors (Lipinski definition) is 2. The zero-order valence-corrected chi connectivity index (χ0v) is 19.7. The van der Waals surface area contributed by atoms with Gasteiger partial charge in [-0.15, -0.1) is 0 Å². The van der Waals surface area contributed by atoms with E-state index < -0.39 is 21.6 Å². The lowest BCUT2D eigenvalue weighted by molar-refractivity contribution is 0.489. The van der Waals surface area contributed by atoms with E-state index in [1.54, 1.807) is 25.3 Å². The molecule has 0 fully saturated rings. The zero-order chi connectivity index (χ0) is 23.3. The van der Waals surface area contributed by atoms with E-state index in [9.17, 15) is 12.8 Å². The van der Waals surface area contributed by atoms with Gasteiger partial charge in [0.25, 0.3) is 0 Å². The minimum Gasteiger partial charge on any atom is -0.382 e. The summed E-state index contributed by atoms with van der Waals surface area (Å²) in [7, 11) is -3.58. The third-order valence-electron chi connectivity index (χ3n) is 5.62. The molecule has 0 saturated carbocycles. The summed E-state index contributed by atoms with van der Waals surface area (Å²) in [5, 5.41) is 0. The first-order valence-electron chi connectivity index (χ1n) is 10.7. The molecule has 3 aromatic rings. The van der Waals surface area contributed by atoms with Crippen LogP contribution in [0.2, 0.25) is 0 Å². The number of fused-ring (bicyclic) bond motifs is 2. The van der Waals surface area contributed by atoms with E-state index in [1.165, 1.54) is 11.1 Å². The van der Waals surface area contributed by atoms with Crippen molar-refractivity contribution in [1.82, 2.24) is 24.2 Å². The maximum absolute atomic E-state index is 14.0. The second-order valence-corrected chi connectivity index (χ2v) is 11.3. The van der Waals surface area contributed by atoms with Crippen molar-refractivity contribution in [2.45, 2.75) is 65.5 Å². The summed E-state index contributed by atoms with van der Waals surface area (Å²) in [6.07, 6.45) is 2.80. The summed E-state index contributed by atoms with van der Waals surface area (Å²) < 4.78 is 43.4. The summed E-state index contributed by atoms with van der Waals surface area (Å²) in [4.78, 5) is 12.1. The molecule has 0 unspecified atom stereocenters. The van der Waals surface area contributed by atoms with Crippen molar-refractivity contribution in [3.05, 3.63) is 46.3 Å². The fourth-order valence-corrected chi connectivity index (χ4v) is 5.76. The molecule has 0 bridgehead atoms. The topological polar surface area (TPSA) is 116 Å². The van der Waals surface area contributed by atoms with Crippen LogP contribution in [0.15, 0.2) is 12.1 Å². The van der Waals surface area contributed by atoms with Gasteiger partial charge in [-0.25, -0.2) is 18.1 Å². The van der Waals surface area contributed by atoms with Gasteiger partial charge < -0.3 is 10.3 Å². The lowest BCUT2D eigenvalue weighted by atomic mass is 9.98. The molecule has 2 aromatic heterocycles. The number of aromatic nitrogens is 4. The van der Waals surface area contributed by atoms with Gasteiger partial charge in [0.05, 0.1) is 5.75 Å². The Bertz CT molecular complexity index is 1290. The molecular weight excluding hydrogens is 431 g/mol. The molecule has 4 rings (SSSR count). The molecule has 0 atom stereocenters. The highest BCUT2D eigenvalue weighted by atomic mass is 32.2. The predicted molar refractivity (Wildman–Crippen MR) is 122 cm³/mol. The molecule has 0 saturated heterocycles. The molecule has 0 spiro atoms. The number of rotatable bonds is 6. The normalized spacial score (nSPS) is 14.3. The largest absolute Gasteiger partial charge is 0.382 e. The van der Waals surface area contributed by atoms with Gasteiger partial charge in [0.2, 0.25) is 10.0 Å². The van der Waals surface area contributed by atoms with Crippen molar-refractivity contribution in [1.29, 1.82) is 0 Å². The standard InChI is InChI=1S/C22H29FN6O2S/c1-13-10-14-6-5-7-15(14)11-16(13)12-17-25-18-19(24)26-21(23)27-20(18)29(17)8-9-32(30,31)28-22(2,3)4/h10-11,28H,5-9,12H2,1-4H3,(H2,24,26,27). The lowest BCUT2D eigenvalue weighted by Gasteiger charge is -2.20. The number of imidazole rings is 1. The van der Waals surface area contributed by atoms with Crippen molar-refractivity contribution < 1.29 is 12.8 Å². The Kier molecular flexibility index (Phi) is 5.70. The van der Waals surface area contributed by atoms with E-state index >= 15 is 0 Å². The van der Waals surface area contributed by atoms with Crippen molar-refractivity contribution in [3.8, 4) is 0 Å². The number of nitrogen functional groups attached to an aromatic ring is 1. The van der Waals surface area contributed by atoms with Gasteiger partial charge in [-0.1, -0.05) is 12.1 Å². The van der Waals surface area contributed by atoms with Gasteiger partial charge >= 0.3 is 6.08 Å². The van der Waals surface area contributed by atoms with Gasteiger partial charge in [0.15, 0.2) is 17.0 Å². The number of halogens is 1. The molecule has 1 aromatic carbocycles. The zero-order valence-electron chi connectivity index (χ0n) is 18.9. The first kappa shape index (κ1) is 22.6. The van der Waals surface area contributed by atoms with E-state index in [1.807, 2.05) is 0 Å². The third kappa shape index (κ3) is 4.75. The summed E-state index contributed by atoms with van der Waals surface area (Å²) >= 11 is 0. The van der Waals surface area contributed by atoms with Crippen molar-refractivity contribution in [3.63, 3.8) is 0 Å². The quantitative estimate of drug-likeness (QED) is 0.547. The second-order valence-electron chi connectivity index (χ2n) is 9.48. The van der Waals surface area contributed by atoms with Crippen molar-refractivity contribution in [2.75, 3.05) is 11.5 Å². The van der Waals surface area contributed by atoms with Gasteiger partial charge in [0, 0.05) is 18.5 Å². The number of nitrogens with two attached hydrogens (primary N) is 1. The van der Waals surface area contributed by atoms with Crippen LogP contribution >= 0.6 is 0 Å². The van der Waals surface area contributed by atoms with Crippen molar-refractivity contribution >= 4 is 27.0 Å². The van der Waals surface area contributed by atoms with Crippen LogP contribution in [0.4, 0.5) is 10.2 Å². The molecule has 10 heteroatoms. The fourth-order valence-electron chi connectivity index (χ4n) is 4.30. The predicted octanol–water partition coefficient (Wildman–Crippen LogP) is 2.65. The molecule has 0 amide bonds. The highest BCUT2D eigenvalue weighted by molar-refractivity contribution is 7.89. The summed E-state index contributed by atoms with van der Waals surface area (Å²) in [5.74, 6) is 0.324. The number of sulfonamides is 1. The third-order valence-corrected chi connectivity index (χ3v) is 7.26. The number of anilines is 1. The highest BCUT2D eigenvalue weighted by Crippen LogP contribution is 2.28. The molecule has 1 aliphatic rings. The van der Waals surface area contributed by atoms with Gasteiger partial charge in [-0.3, -0.25) is 0 Å². The Morgan fingerprint density at radius 1 is 1.16 bits per heavy atom. The van der Waals surface area contributed by atoms with Gasteiger partial charge in [-0.2, -0.15) is 14.4 Å². The minimum atomic E-state index is -3.58. The monoisotopic (exact) mass is 460 g/mol. The highest BCUT2D eigenvalue weighted by Gasteiger charge is 2.23. The second kappa shape index (κ2) is 8.08. The first-order chi connectivity index (χ1) is 14.9. The average molecular weight is 461 g/mol. The van der Waals surface area contributed by atoms with E-state index in [2.05, 4.69) is 38.7 Å². The molecule has 0 aliphatic heterocycles. The van der Waals surface area contributed by atoms with Gasteiger partial charge in [0.1, 0.15) is 5.82 Å². The molecule has 2 heterocycles. The Hall–Kier alpha value is -2.59. The number of benzene rings is 1. The van der Waals surface area contributed by atoms with Crippen LogP contribution < -0.4 is 10.5 Å². The molecule has 0 radical (unpaired) electrons. The van der Waals surface area contributed by atoms with Crippen LogP contribution in [0.25, 0.3) is 11.2 Å². The Morgan fingerprint density at radius 2 is 1.84 bits per heavy atom. The van der Waals surface area contributed by atoms with E-state index in [-0.39, 0.29) is 29.3 Å². The lowest BCUT2D eigenvalue weighted by Crippen LogP contribution is -2.42. The Labute approximate surface area is 187 Å². The van der Waals surface area contributed by atoms with Crippen LogP contribution in [0.3, 0.4) is 0 Å². The number of nitrogens with one attached hydrogen (secondary N) is 1. The van der Waals surface area contributed by atoms with E-state index in [0.29, 0.717) is 12.2 Å². The Balaban J connectivity index is 1.73. The minimum absolute atomic E-state index is 0.0613. The van der Waals surface area contributed by atoms with E-state index in [4.69, 9.17) is 5.73 Å². The average Bonchev–Trinajstić information content (AvgIpc) is 3.22. The molecule has 172 valence electrons. The summed E-state index contributed by atoms with van der Waals surface area (Å²) in [6.45, 7) is 7.47. The maximum Gasteiger partial charge on any atom is 0.312 e. The van der Waals surface area contributed by atoms with Crippen LogP contribution in [-0.2, 0) is 35.8 Å². The summed E-state index contributed by atoms with van der Waals surface area (Å²) in [5.41, 5.74) is 10.8. The number of nitrogens with zero attached hydrogens (tertiary/aromatic N) is 4. The van der Waals surface area contributed by atoms with Crippen molar-refractivity contribution in [2.24, 2.45) is 0 Å². The van der Waals surface area contributed by atoms with E-state index in [0.717, 1.165) is 30.4 Å². The molecule has 3 N–H and O–H groups in total.